The van der Waals surface area contributed by atoms with E-state index in [-0.39, 0.29) is 17.3 Å². The molecule has 36 heavy (non-hydrogen) atoms. The van der Waals surface area contributed by atoms with Gasteiger partial charge in [0.05, 0.1) is 36.1 Å². The van der Waals surface area contributed by atoms with Crippen LogP contribution in [-0.4, -0.2) is 81.5 Å². The molecule has 188 valence electrons. The van der Waals surface area contributed by atoms with E-state index in [1.54, 1.807) is 23.1 Å². The normalized spacial score (nSPS) is 17.7. The number of sulfonamides is 1. The molecule has 0 unspecified atom stereocenters. The molecule has 0 saturated carbocycles. The van der Waals surface area contributed by atoms with Crippen molar-refractivity contribution in [3.8, 4) is 17.3 Å². The van der Waals surface area contributed by atoms with Crippen LogP contribution >= 0.6 is 0 Å². The lowest BCUT2D eigenvalue weighted by Crippen LogP contribution is -2.54. The van der Waals surface area contributed by atoms with E-state index in [4.69, 9.17) is 4.74 Å². The number of morpholine rings is 1. The zero-order chi connectivity index (χ0) is 25.5. The van der Waals surface area contributed by atoms with Crippen molar-refractivity contribution in [2.75, 3.05) is 57.9 Å². The van der Waals surface area contributed by atoms with E-state index in [1.807, 2.05) is 37.3 Å². The van der Waals surface area contributed by atoms with Crippen molar-refractivity contribution in [1.29, 1.82) is 5.26 Å². The molecule has 0 spiro atoms. The summed E-state index contributed by atoms with van der Waals surface area (Å²) in [7, 11) is -2.49. The van der Waals surface area contributed by atoms with Crippen LogP contribution in [0, 0.1) is 16.7 Å². The Kier molecular flexibility index (Phi) is 6.24. The first-order valence-corrected chi connectivity index (χ1v) is 13.3. The maximum Gasteiger partial charge on any atom is 0.243 e. The molecule has 0 aliphatic carbocycles. The third kappa shape index (κ3) is 4.46. The molecule has 3 aromatic rings. The molecule has 0 bridgehead atoms. The standard InChI is InChI=1S/C26H29N5O4S/c1-26(16-27)17-31(18-26)24-8-7-20(14-21(24)23-13-19-5-3-4-6-22(19)28-23)36(33,34)29(2)15-25(32)30-9-11-35-12-10-30/h3-8,13-14,28H,9-12,15,17-18H2,1-2H3. The third-order valence-electron chi connectivity index (χ3n) is 6.91. The Morgan fingerprint density at radius 3 is 2.58 bits per heavy atom. The highest BCUT2D eigenvalue weighted by Crippen LogP contribution is 2.41. The van der Waals surface area contributed by atoms with Gasteiger partial charge in [-0.05, 0) is 37.3 Å². The van der Waals surface area contributed by atoms with Crippen molar-refractivity contribution in [2.45, 2.75) is 11.8 Å². The predicted molar refractivity (Wildman–Crippen MR) is 137 cm³/mol. The van der Waals surface area contributed by atoms with Crippen LogP contribution in [0.2, 0.25) is 0 Å². The summed E-state index contributed by atoms with van der Waals surface area (Å²) in [5.74, 6) is -0.242. The summed E-state index contributed by atoms with van der Waals surface area (Å²) in [5, 5.41) is 10.5. The SMILES string of the molecule is CN(CC(=O)N1CCOCC1)S(=O)(=O)c1ccc(N2CC(C)(C#N)C2)c(-c2cc3ccccc3[nH]2)c1. The first kappa shape index (κ1) is 24.3. The molecule has 2 aromatic carbocycles. The minimum Gasteiger partial charge on any atom is -0.378 e. The second kappa shape index (κ2) is 9.24. The van der Waals surface area contributed by atoms with Gasteiger partial charge >= 0.3 is 0 Å². The number of nitriles is 1. The summed E-state index contributed by atoms with van der Waals surface area (Å²) in [6, 6.07) is 17.3. The number of benzene rings is 2. The molecule has 2 saturated heterocycles. The molecule has 3 heterocycles. The number of aromatic amines is 1. The smallest absolute Gasteiger partial charge is 0.243 e. The fourth-order valence-electron chi connectivity index (χ4n) is 4.79. The molecule has 2 aliphatic rings. The van der Waals surface area contributed by atoms with Gasteiger partial charge in [0.15, 0.2) is 0 Å². The molecular weight excluding hydrogens is 478 g/mol. The van der Waals surface area contributed by atoms with Gasteiger partial charge in [-0.1, -0.05) is 18.2 Å². The van der Waals surface area contributed by atoms with Gasteiger partial charge in [0.25, 0.3) is 0 Å². The van der Waals surface area contributed by atoms with Gasteiger partial charge in [-0.25, -0.2) is 8.42 Å². The van der Waals surface area contributed by atoms with Crippen LogP contribution in [-0.2, 0) is 19.6 Å². The molecule has 1 N–H and O–H groups in total. The van der Waals surface area contributed by atoms with Gasteiger partial charge in [-0.3, -0.25) is 4.79 Å². The van der Waals surface area contributed by atoms with E-state index in [9.17, 15) is 18.5 Å². The Morgan fingerprint density at radius 2 is 1.89 bits per heavy atom. The van der Waals surface area contributed by atoms with E-state index in [2.05, 4.69) is 16.0 Å². The molecule has 9 nitrogen and oxygen atoms in total. The maximum absolute atomic E-state index is 13.5. The molecule has 10 heteroatoms. The number of rotatable bonds is 6. The Labute approximate surface area is 210 Å². The Morgan fingerprint density at radius 1 is 1.17 bits per heavy atom. The van der Waals surface area contributed by atoms with Gasteiger partial charge < -0.3 is 19.5 Å². The Bertz CT molecular complexity index is 1410. The number of carbonyl (C=O) groups excluding carboxylic acids is 1. The number of ether oxygens (including phenoxy) is 1. The quantitative estimate of drug-likeness (QED) is 0.549. The largest absolute Gasteiger partial charge is 0.378 e. The van der Waals surface area contributed by atoms with Crippen molar-refractivity contribution in [3.63, 3.8) is 0 Å². The molecule has 1 aromatic heterocycles. The van der Waals surface area contributed by atoms with E-state index in [0.29, 0.717) is 39.4 Å². The van der Waals surface area contributed by atoms with Crippen molar-refractivity contribution in [2.24, 2.45) is 5.41 Å². The first-order chi connectivity index (χ1) is 17.2. The van der Waals surface area contributed by atoms with E-state index in [1.165, 1.54) is 7.05 Å². The molecular formula is C26H29N5O4S. The highest BCUT2D eigenvalue weighted by atomic mass is 32.2. The molecule has 0 radical (unpaired) electrons. The maximum atomic E-state index is 13.5. The van der Waals surface area contributed by atoms with Crippen molar-refractivity contribution in [1.82, 2.24) is 14.2 Å². The minimum absolute atomic E-state index is 0.112. The van der Waals surface area contributed by atoms with E-state index >= 15 is 0 Å². The number of carbonyl (C=O) groups is 1. The second-order valence-electron chi connectivity index (χ2n) is 9.73. The van der Waals surface area contributed by atoms with Gasteiger partial charge in [-0.2, -0.15) is 9.57 Å². The van der Waals surface area contributed by atoms with Crippen LogP contribution in [0.3, 0.4) is 0 Å². The number of nitrogens with one attached hydrogen (secondary N) is 1. The highest BCUT2D eigenvalue weighted by molar-refractivity contribution is 7.89. The second-order valence-corrected chi connectivity index (χ2v) is 11.8. The number of likely N-dealkylation sites (N-methyl/N-ethyl adjacent to an activating group) is 1. The van der Waals surface area contributed by atoms with E-state index < -0.39 is 15.4 Å². The summed E-state index contributed by atoms with van der Waals surface area (Å²) >= 11 is 0. The number of hydrogen-bond donors (Lipinski definition) is 1. The van der Waals surface area contributed by atoms with Crippen LogP contribution in [0.25, 0.3) is 22.2 Å². The average Bonchev–Trinajstić information content (AvgIpc) is 3.31. The molecule has 2 aliphatic heterocycles. The number of nitrogens with zero attached hydrogens (tertiary/aromatic N) is 4. The lowest BCUT2D eigenvalue weighted by atomic mass is 9.83. The number of anilines is 1. The minimum atomic E-state index is -3.92. The summed E-state index contributed by atoms with van der Waals surface area (Å²) in [4.78, 5) is 19.9. The zero-order valence-corrected chi connectivity index (χ0v) is 21.2. The summed E-state index contributed by atoms with van der Waals surface area (Å²) in [6.07, 6.45) is 0. The number of H-pyrrole nitrogens is 1. The fraction of sp³-hybridized carbons (Fsp3) is 0.385. The first-order valence-electron chi connectivity index (χ1n) is 11.9. The zero-order valence-electron chi connectivity index (χ0n) is 20.4. The van der Waals surface area contributed by atoms with Crippen LogP contribution in [0.5, 0.6) is 0 Å². The lowest BCUT2D eigenvalue weighted by Gasteiger charge is -2.45. The number of hydrogen-bond acceptors (Lipinski definition) is 6. The average molecular weight is 508 g/mol. The molecule has 2 fully saturated rings. The number of fused-ring (bicyclic) bond motifs is 1. The van der Waals surface area contributed by atoms with Crippen LogP contribution < -0.4 is 4.90 Å². The summed E-state index contributed by atoms with van der Waals surface area (Å²) in [6.45, 7) is 4.65. The predicted octanol–water partition coefficient (Wildman–Crippen LogP) is 2.66. The van der Waals surface area contributed by atoms with E-state index in [0.717, 1.165) is 32.2 Å². The lowest BCUT2D eigenvalue weighted by molar-refractivity contribution is -0.135. The number of aromatic nitrogens is 1. The highest BCUT2D eigenvalue weighted by Gasteiger charge is 2.40. The number of amides is 1. The van der Waals surface area contributed by atoms with Crippen LogP contribution in [0.15, 0.2) is 53.4 Å². The van der Waals surface area contributed by atoms with Crippen LogP contribution in [0.4, 0.5) is 5.69 Å². The van der Waals surface area contributed by atoms with Crippen molar-refractivity contribution in [3.05, 3.63) is 48.5 Å². The fourth-order valence-corrected chi connectivity index (χ4v) is 5.94. The molecule has 5 rings (SSSR count). The van der Waals surface area contributed by atoms with Gasteiger partial charge in [0.1, 0.15) is 0 Å². The third-order valence-corrected chi connectivity index (χ3v) is 8.71. The molecule has 0 atom stereocenters. The van der Waals surface area contributed by atoms with Gasteiger partial charge in [0, 0.05) is 61.1 Å². The summed E-state index contributed by atoms with van der Waals surface area (Å²) < 4.78 is 33.4. The molecule has 1 amide bonds. The number of para-hydroxylation sites is 1. The van der Waals surface area contributed by atoms with Crippen molar-refractivity contribution >= 4 is 32.5 Å². The Hall–Kier alpha value is -3.39. The van der Waals surface area contributed by atoms with Crippen LogP contribution in [0.1, 0.15) is 6.92 Å². The van der Waals surface area contributed by atoms with Gasteiger partial charge in [0.2, 0.25) is 15.9 Å². The van der Waals surface area contributed by atoms with Gasteiger partial charge in [-0.15, -0.1) is 0 Å². The topological polar surface area (TPSA) is 110 Å². The Balaban J connectivity index is 1.48. The monoisotopic (exact) mass is 507 g/mol. The van der Waals surface area contributed by atoms with Crippen molar-refractivity contribution < 1.29 is 17.9 Å². The summed E-state index contributed by atoms with van der Waals surface area (Å²) in [5.41, 5.74) is 2.91.